The molecule has 0 atom stereocenters. The molecule has 0 aliphatic heterocycles. The van der Waals surface area contributed by atoms with E-state index in [0.717, 1.165) is 29.0 Å². The van der Waals surface area contributed by atoms with Crippen molar-refractivity contribution >= 4 is 5.91 Å². The van der Waals surface area contributed by atoms with Crippen LogP contribution in [0.15, 0.2) is 76.1 Å². The van der Waals surface area contributed by atoms with Crippen LogP contribution in [-0.2, 0) is 6.42 Å². The van der Waals surface area contributed by atoms with E-state index in [0.29, 0.717) is 13.0 Å². The Hall–Kier alpha value is -3.34. The molecule has 2 aromatic carbocycles. The van der Waals surface area contributed by atoms with Crippen molar-refractivity contribution < 1.29 is 14.3 Å². The summed E-state index contributed by atoms with van der Waals surface area (Å²) in [6.45, 7) is 0.363. The first-order valence-electron chi connectivity index (χ1n) is 7.88. The Morgan fingerprint density at radius 3 is 2.36 bits per heavy atom. The van der Waals surface area contributed by atoms with Crippen molar-refractivity contribution in [2.45, 2.75) is 6.42 Å². The molecule has 3 aromatic rings. The number of amides is 1. The monoisotopic (exact) mass is 335 g/mol. The molecule has 126 valence electrons. The minimum absolute atomic E-state index is 0.363. The van der Waals surface area contributed by atoms with Crippen LogP contribution in [0.3, 0.4) is 0 Å². The molecule has 0 fully saturated rings. The van der Waals surface area contributed by atoms with Crippen LogP contribution in [0, 0.1) is 0 Å². The molecule has 0 bridgehead atoms. The van der Waals surface area contributed by atoms with Gasteiger partial charge in [-0.05, 0) is 23.1 Å². The van der Waals surface area contributed by atoms with Crippen molar-refractivity contribution in [3.05, 3.63) is 88.5 Å². The highest BCUT2D eigenvalue weighted by Crippen LogP contribution is 2.19. The van der Waals surface area contributed by atoms with E-state index in [9.17, 15) is 14.7 Å². The van der Waals surface area contributed by atoms with Crippen LogP contribution >= 0.6 is 0 Å². The summed E-state index contributed by atoms with van der Waals surface area (Å²) in [5.74, 6) is -1.66. The van der Waals surface area contributed by atoms with Gasteiger partial charge in [0.05, 0.1) is 6.26 Å². The summed E-state index contributed by atoms with van der Waals surface area (Å²) < 4.78 is 4.91. The maximum Gasteiger partial charge on any atom is 0.291 e. The molecule has 0 radical (unpaired) electrons. The Morgan fingerprint density at radius 1 is 0.960 bits per heavy atom. The lowest BCUT2D eigenvalue weighted by molar-refractivity contribution is 0.0919. The molecule has 0 saturated carbocycles. The van der Waals surface area contributed by atoms with Gasteiger partial charge in [0.1, 0.15) is 0 Å². The number of aromatic hydroxyl groups is 1. The zero-order chi connectivity index (χ0) is 17.6. The molecule has 0 saturated heterocycles. The van der Waals surface area contributed by atoms with E-state index >= 15 is 0 Å². The second-order valence-electron chi connectivity index (χ2n) is 5.53. The van der Waals surface area contributed by atoms with E-state index in [4.69, 9.17) is 4.42 Å². The highest BCUT2D eigenvalue weighted by molar-refractivity contribution is 5.93. The van der Waals surface area contributed by atoms with E-state index < -0.39 is 17.1 Å². The van der Waals surface area contributed by atoms with E-state index in [2.05, 4.69) is 17.4 Å². The van der Waals surface area contributed by atoms with Gasteiger partial charge in [-0.25, -0.2) is 0 Å². The molecular weight excluding hydrogens is 318 g/mol. The molecule has 25 heavy (non-hydrogen) atoms. The highest BCUT2D eigenvalue weighted by Gasteiger charge is 2.15. The molecule has 1 heterocycles. The molecule has 0 aliphatic carbocycles. The molecule has 0 spiro atoms. The lowest BCUT2D eigenvalue weighted by Crippen LogP contribution is -2.26. The molecule has 0 unspecified atom stereocenters. The van der Waals surface area contributed by atoms with Crippen LogP contribution in [0.2, 0.25) is 0 Å². The average Bonchev–Trinajstić information content (AvgIpc) is 2.65. The number of hydrogen-bond acceptors (Lipinski definition) is 4. The number of carbonyl (C=O) groups excluding carboxylic acids is 1. The molecular formula is C20H17NO4. The lowest BCUT2D eigenvalue weighted by atomic mass is 10.0. The Balaban J connectivity index is 1.58. The normalized spacial score (nSPS) is 10.4. The van der Waals surface area contributed by atoms with Crippen LogP contribution in [-0.4, -0.2) is 17.6 Å². The van der Waals surface area contributed by atoms with E-state index in [1.807, 2.05) is 42.5 Å². The Kier molecular flexibility index (Phi) is 4.95. The van der Waals surface area contributed by atoms with Crippen molar-refractivity contribution in [2.24, 2.45) is 0 Å². The Labute approximate surface area is 144 Å². The average molecular weight is 335 g/mol. The minimum Gasteiger partial charge on any atom is -0.501 e. The largest absolute Gasteiger partial charge is 0.501 e. The van der Waals surface area contributed by atoms with Gasteiger partial charge in [-0.2, -0.15) is 0 Å². The van der Waals surface area contributed by atoms with Crippen LogP contribution in [0.25, 0.3) is 11.1 Å². The van der Waals surface area contributed by atoms with E-state index in [1.165, 1.54) is 0 Å². The van der Waals surface area contributed by atoms with Crippen LogP contribution < -0.4 is 10.7 Å². The van der Waals surface area contributed by atoms with Gasteiger partial charge in [-0.15, -0.1) is 0 Å². The second kappa shape index (κ2) is 7.49. The van der Waals surface area contributed by atoms with Gasteiger partial charge >= 0.3 is 0 Å². The van der Waals surface area contributed by atoms with Crippen LogP contribution in [0.4, 0.5) is 0 Å². The van der Waals surface area contributed by atoms with Gasteiger partial charge in [-0.1, -0.05) is 54.6 Å². The molecule has 1 amide bonds. The number of benzene rings is 2. The topological polar surface area (TPSA) is 79.5 Å². The maximum atomic E-state index is 11.9. The fourth-order valence-corrected chi connectivity index (χ4v) is 2.47. The standard InChI is InChI=1S/C20H17NO4/c22-17-11-13-25-19(18(17)23)20(24)21-12-10-14-6-8-16(9-7-14)15-4-2-1-3-5-15/h1-9,11,13,23H,10,12H2,(H,21,24). The summed E-state index contributed by atoms with van der Waals surface area (Å²) >= 11 is 0. The van der Waals surface area contributed by atoms with Crippen molar-refractivity contribution in [3.63, 3.8) is 0 Å². The zero-order valence-electron chi connectivity index (χ0n) is 13.4. The summed E-state index contributed by atoms with van der Waals surface area (Å²) in [5, 5.41) is 12.2. The summed E-state index contributed by atoms with van der Waals surface area (Å²) in [5.41, 5.74) is 2.70. The third kappa shape index (κ3) is 3.95. The first kappa shape index (κ1) is 16.5. The summed E-state index contributed by atoms with van der Waals surface area (Å²) in [6, 6.07) is 19.2. The van der Waals surface area contributed by atoms with Crippen molar-refractivity contribution in [3.8, 4) is 16.9 Å². The number of rotatable bonds is 5. The Bertz CT molecular complexity index is 914. The second-order valence-corrected chi connectivity index (χ2v) is 5.53. The molecule has 1 aromatic heterocycles. The molecule has 2 N–H and O–H groups in total. The smallest absolute Gasteiger partial charge is 0.291 e. The number of nitrogens with one attached hydrogen (secondary N) is 1. The Morgan fingerprint density at radius 2 is 1.64 bits per heavy atom. The molecule has 5 heteroatoms. The van der Waals surface area contributed by atoms with Gasteiger partial charge in [-0.3, -0.25) is 9.59 Å². The zero-order valence-corrected chi connectivity index (χ0v) is 13.4. The number of carbonyl (C=O) groups is 1. The summed E-state index contributed by atoms with van der Waals surface area (Å²) in [6.07, 6.45) is 1.71. The van der Waals surface area contributed by atoms with Crippen LogP contribution in [0.5, 0.6) is 5.75 Å². The van der Waals surface area contributed by atoms with Gasteiger partial charge in [0.15, 0.2) is 0 Å². The molecule has 5 nitrogen and oxygen atoms in total. The summed E-state index contributed by atoms with van der Waals surface area (Å²) in [7, 11) is 0. The first-order chi connectivity index (χ1) is 12.1. The lowest BCUT2D eigenvalue weighted by Gasteiger charge is -2.07. The quantitative estimate of drug-likeness (QED) is 0.751. The minimum atomic E-state index is -0.674. The van der Waals surface area contributed by atoms with Gasteiger partial charge < -0.3 is 14.8 Å². The van der Waals surface area contributed by atoms with Gasteiger partial charge in [0, 0.05) is 12.6 Å². The van der Waals surface area contributed by atoms with Crippen LogP contribution in [0.1, 0.15) is 16.1 Å². The van der Waals surface area contributed by atoms with E-state index in [1.54, 1.807) is 0 Å². The molecule has 3 rings (SSSR count). The van der Waals surface area contributed by atoms with Crippen molar-refractivity contribution in [1.29, 1.82) is 0 Å². The third-order valence-corrected chi connectivity index (χ3v) is 3.82. The SMILES string of the molecule is O=C(NCCc1ccc(-c2ccccc2)cc1)c1occc(=O)c1O. The predicted octanol–water partition coefficient (Wildman–Crippen LogP) is 2.98. The summed E-state index contributed by atoms with van der Waals surface area (Å²) in [4.78, 5) is 23.2. The predicted molar refractivity (Wildman–Crippen MR) is 94.6 cm³/mol. The molecule has 0 aliphatic rings. The van der Waals surface area contributed by atoms with Gasteiger partial charge in [0.25, 0.3) is 5.91 Å². The first-order valence-corrected chi connectivity index (χ1v) is 7.88. The van der Waals surface area contributed by atoms with Gasteiger partial charge in [0.2, 0.25) is 16.9 Å². The fraction of sp³-hybridized carbons (Fsp3) is 0.100. The fourth-order valence-electron chi connectivity index (χ4n) is 2.47. The third-order valence-electron chi connectivity index (χ3n) is 3.82. The van der Waals surface area contributed by atoms with Crippen molar-refractivity contribution in [1.82, 2.24) is 5.32 Å². The maximum absolute atomic E-state index is 11.9. The highest BCUT2D eigenvalue weighted by atomic mass is 16.4. The van der Waals surface area contributed by atoms with E-state index in [-0.39, 0.29) is 5.76 Å². The number of hydrogen-bond donors (Lipinski definition) is 2. The van der Waals surface area contributed by atoms with Crippen molar-refractivity contribution in [2.75, 3.05) is 6.54 Å².